The van der Waals surface area contributed by atoms with E-state index in [0.717, 1.165) is 46.7 Å². The summed E-state index contributed by atoms with van der Waals surface area (Å²) in [5.41, 5.74) is 2.87. The zero-order valence-corrected chi connectivity index (χ0v) is 24.7. The molecule has 212 valence electrons. The number of anilines is 1. The van der Waals surface area contributed by atoms with E-state index in [1.807, 2.05) is 26.0 Å². The van der Waals surface area contributed by atoms with E-state index in [0.29, 0.717) is 10.7 Å². The average molecular weight is 582 g/mol. The topological polar surface area (TPSA) is 86.8 Å². The highest BCUT2D eigenvalue weighted by atomic mass is 35.5. The van der Waals surface area contributed by atoms with Crippen molar-refractivity contribution in [2.24, 2.45) is 0 Å². The lowest BCUT2D eigenvalue weighted by Crippen LogP contribution is -2.52. The second kappa shape index (κ2) is 12.9. The smallest absolute Gasteiger partial charge is 0.264 e. The highest BCUT2D eigenvalue weighted by Gasteiger charge is 2.33. The number of sulfonamides is 1. The number of benzene rings is 3. The Bertz CT molecular complexity index is 1440. The molecule has 0 aliphatic heterocycles. The largest absolute Gasteiger partial charge is 0.352 e. The number of carbonyl (C=O) groups excluding carboxylic acids is 2. The third-order valence-electron chi connectivity index (χ3n) is 7.22. The summed E-state index contributed by atoms with van der Waals surface area (Å²) in [7, 11) is -4.10. The van der Waals surface area contributed by atoms with Crippen LogP contribution in [0.3, 0.4) is 0 Å². The van der Waals surface area contributed by atoms with Crippen molar-refractivity contribution in [3.8, 4) is 0 Å². The fourth-order valence-electron chi connectivity index (χ4n) is 5.15. The number of aryl methyl sites for hydroxylation is 2. The van der Waals surface area contributed by atoms with Gasteiger partial charge in [0.15, 0.2) is 0 Å². The first kappa shape index (κ1) is 29.6. The summed E-state index contributed by atoms with van der Waals surface area (Å²) in [4.78, 5) is 28.9. The molecule has 0 aromatic heterocycles. The van der Waals surface area contributed by atoms with Crippen molar-refractivity contribution < 1.29 is 18.0 Å². The molecule has 2 amide bonds. The molecule has 3 aromatic rings. The normalized spacial score (nSPS) is 14.5. The van der Waals surface area contributed by atoms with E-state index in [-0.39, 0.29) is 23.4 Å². The maximum Gasteiger partial charge on any atom is 0.264 e. The fourth-order valence-corrected chi connectivity index (χ4v) is 6.78. The molecule has 1 aliphatic carbocycles. The number of carbonyl (C=O) groups is 2. The fraction of sp³-hybridized carbons (Fsp3) is 0.355. The Hall–Kier alpha value is -3.36. The predicted octanol–water partition coefficient (Wildman–Crippen LogP) is 5.63. The van der Waals surface area contributed by atoms with Crippen LogP contribution in [0.25, 0.3) is 0 Å². The van der Waals surface area contributed by atoms with Gasteiger partial charge in [-0.05, 0) is 86.7 Å². The molecule has 1 aliphatic rings. The van der Waals surface area contributed by atoms with Crippen LogP contribution in [0.15, 0.2) is 77.7 Å². The van der Waals surface area contributed by atoms with Crippen molar-refractivity contribution in [1.29, 1.82) is 0 Å². The monoisotopic (exact) mass is 581 g/mol. The van der Waals surface area contributed by atoms with Gasteiger partial charge in [-0.3, -0.25) is 13.9 Å². The Morgan fingerprint density at radius 2 is 1.60 bits per heavy atom. The Morgan fingerprint density at radius 3 is 2.23 bits per heavy atom. The molecular weight excluding hydrogens is 546 g/mol. The summed E-state index contributed by atoms with van der Waals surface area (Å²) >= 11 is 6.21. The summed E-state index contributed by atoms with van der Waals surface area (Å²) in [5, 5.41) is 3.59. The van der Waals surface area contributed by atoms with E-state index in [4.69, 9.17) is 11.6 Å². The Labute approximate surface area is 242 Å². The zero-order valence-electron chi connectivity index (χ0n) is 23.1. The minimum absolute atomic E-state index is 0.0791. The molecule has 0 heterocycles. The molecule has 4 rings (SSSR count). The summed E-state index contributed by atoms with van der Waals surface area (Å²) in [5.74, 6) is -0.751. The van der Waals surface area contributed by atoms with E-state index in [9.17, 15) is 18.0 Å². The second-order valence-electron chi connectivity index (χ2n) is 10.5. The third-order valence-corrected chi connectivity index (χ3v) is 9.24. The van der Waals surface area contributed by atoms with Crippen molar-refractivity contribution >= 4 is 39.1 Å². The maximum atomic E-state index is 14.1. The number of nitrogens with one attached hydrogen (secondary N) is 1. The van der Waals surface area contributed by atoms with Crippen LogP contribution >= 0.6 is 11.6 Å². The standard InChI is InChI=1S/C31H36ClN3O4S/c1-22-16-23(2)18-28(17-22)35(40(38,39)29-14-5-4-6-15-29)21-30(36)34(20-25-10-9-11-26(32)19-25)24(3)31(37)33-27-12-7-8-13-27/h4-6,9-11,14-19,24,27H,7-8,12-13,20-21H2,1-3H3,(H,33,37)/t24-/m1/s1. The molecule has 7 nitrogen and oxygen atoms in total. The van der Waals surface area contributed by atoms with Crippen LogP contribution in [0.2, 0.25) is 5.02 Å². The van der Waals surface area contributed by atoms with E-state index >= 15 is 0 Å². The Balaban J connectivity index is 1.70. The Morgan fingerprint density at radius 1 is 0.950 bits per heavy atom. The van der Waals surface area contributed by atoms with Crippen LogP contribution in [0, 0.1) is 13.8 Å². The maximum absolute atomic E-state index is 14.1. The summed E-state index contributed by atoms with van der Waals surface area (Å²) in [6.07, 6.45) is 3.95. The quantitative estimate of drug-likeness (QED) is 0.336. The number of amides is 2. The first-order chi connectivity index (χ1) is 19.0. The highest BCUT2D eigenvalue weighted by Crippen LogP contribution is 2.27. The van der Waals surface area contributed by atoms with Gasteiger partial charge in [0, 0.05) is 17.6 Å². The van der Waals surface area contributed by atoms with Gasteiger partial charge in [-0.25, -0.2) is 8.42 Å². The Kier molecular flexibility index (Phi) is 9.53. The van der Waals surface area contributed by atoms with Gasteiger partial charge in [0.05, 0.1) is 10.6 Å². The SMILES string of the molecule is Cc1cc(C)cc(N(CC(=O)N(Cc2cccc(Cl)c2)[C@H](C)C(=O)NC2CCCC2)S(=O)(=O)c2ccccc2)c1. The third kappa shape index (κ3) is 7.23. The van der Waals surface area contributed by atoms with Crippen LogP contribution in [0.1, 0.15) is 49.3 Å². The first-order valence-corrected chi connectivity index (χ1v) is 15.4. The molecule has 0 unspecified atom stereocenters. The molecular formula is C31H36ClN3O4S. The summed E-state index contributed by atoms with van der Waals surface area (Å²) in [6, 6.07) is 19.8. The number of hydrogen-bond acceptors (Lipinski definition) is 4. The van der Waals surface area contributed by atoms with Crippen LogP contribution in [-0.2, 0) is 26.2 Å². The van der Waals surface area contributed by atoms with Gasteiger partial charge in [-0.1, -0.05) is 60.8 Å². The lowest BCUT2D eigenvalue weighted by Gasteiger charge is -2.32. The van der Waals surface area contributed by atoms with E-state index in [1.165, 1.54) is 17.0 Å². The van der Waals surface area contributed by atoms with E-state index in [1.54, 1.807) is 55.5 Å². The minimum atomic E-state index is -4.10. The lowest BCUT2D eigenvalue weighted by atomic mass is 10.1. The molecule has 0 radical (unpaired) electrons. The average Bonchev–Trinajstić information content (AvgIpc) is 3.42. The summed E-state index contributed by atoms with van der Waals surface area (Å²) < 4.78 is 29.0. The summed E-state index contributed by atoms with van der Waals surface area (Å²) in [6.45, 7) is 5.07. The molecule has 3 aromatic carbocycles. The van der Waals surface area contributed by atoms with Gasteiger partial charge >= 0.3 is 0 Å². The van der Waals surface area contributed by atoms with Crippen molar-refractivity contribution in [2.45, 2.75) is 70.0 Å². The van der Waals surface area contributed by atoms with E-state index in [2.05, 4.69) is 5.32 Å². The van der Waals surface area contributed by atoms with E-state index < -0.39 is 28.5 Å². The second-order valence-corrected chi connectivity index (χ2v) is 12.8. The number of nitrogens with zero attached hydrogens (tertiary/aromatic N) is 2. The molecule has 0 spiro atoms. The van der Waals surface area contributed by atoms with Crippen LogP contribution in [0.4, 0.5) is 5.69 Å². The molecule has 0 bridgehead atoms. The molecule has 9 heteroatoms. The number of halogens is 1. The molecule has 1 N–H and O–H groups in total. The molecule has 40 heavy (non-hydrogen) atoms. The van der Waals surface area contributed by atoms with Gasteiger partial charge in [0.25, 0.3) is 10.0 Å². The zero-order chi connectivity index (χ0) is 28.9. The highest BCUT2D eigenvalue weighted by molar-refractivity contribution is 7.92. The van der Waals surface area contributed by atoms with Crippen molar-refractivity contribution in [3.63, 3.8) is 0 Å². The lowest BCUT2D eigenvalue weighted by molar-refractivity contribution is -0.139. The van der Waals surface area contributed by atoms with Crippen LogP contribution in [-0.4, -0.2) is 43.8 Å². The number of rotatable bonds is 10. The van der Waals surface area contributed by atoms with Gasteiger partial charge in [-0.2, -0.15) is 0 Å². The first-order valence-electron chi connectivity index (χ1n) is 13.5. The van der Waals surface area contributed by atoms with Gasteiger partial charge in [0.1, 0.15) is 12.6 Å². The van der Waals surface area contributed by atoms with Gasteiger partial charge in [0.2, 0.25) is 11.8 Å². The molecule has 1 saturated carbocycles. The predicted molar refractivity (Wildman–Crippen MR) is 159 cm³/mol. The number of hydrogen-bond donors (Lipinski definition) is 1. The molecule has 1 fully saturated rings. The van der Waals surface area contributed by atoms with Crippen molar-refractivity contribution in [1.82, 2.24) is 10.2 Å². The van der Waals surface area contributed by atoms with Crippen LogP contribution < -0.4 is 9.62 Å². The molecule has 0 saturated heterocycles. The minimum Gasteiger partial charge on any atom is -0.352 e. The van der Waals surface area contributed by atoms with Crippen molar-refractivity contribution in [3.05, 3.63) is 94.5 Å². The van der Waals surface area contributed by atoms with Crippen LogP contribution in [0.5, 0.6) is 0 Å². The molecule has 1 atom stereocenters. The van der Waals surface area contributed by atoms with Crippen molar-refractivity contribution in [2.75, 3.05) is 10.8 Å². The van der Waals surface area contributed by atoms with Gasteiger partial charge in [-0.15, -0.1) is 0 Å². The van der Waals surface area contributed by atoms with Gasteiger partial charge < -0.3 is 10.2 Å².